The first-order valence-electron chi connectivity index (χ1n) is 9.97. The van der Waals surface area contributed by atoms with E-state index < -0.39 is 27.3 Å². The van der Waals surface area contributed by atoms with E-state index in [4.69, 9.17) is 4.74 Å². The van der Waals surface area contributed by atoms with E-state index in [0.29, 0.717) is 11.4 Å². The number of rotatable bonds is 3. The zero-order valence-electron chi connectivity index (χ0n) is 17.7. The predicted molar refractivity (Wildman–Crippen MR) is 120 cm³/mol. The molecule has 3 aromatic carbocycles. The second-order valence-corrected chi connectivity index (χ2v) is 9.67. The van der Waals surface area contributed by atoms with Crippen molar-refractivity contribution in [2.24, 2.45) is 0 Å². The quantitative estimate of drug-likeness (QED) is 0.575. The van der Waals surface area contributed by atoms with Crippen molar-refractivity contribution in [1.29, 1.82) is 0 Å². The predicted octanol–water partition coefficient (Wildman–Crippen LogP) is 3.27. The summed E-state index contributed by atoms with van der Waals surface area (Å²) in [5, 5.41) is 0. The average Bonchev–Trinajstić information content (AvgIpc) is 3.19. The molecule has 2 aliphatic heterocycles. The van der Waals surface area contributed by atoms with Crippen LogP contribution in [0.5, 0.6) is 5.75 Å². The Morgan fingerprint density at radius 2 is 1.59 bits per heavy atom. The molecule has 2 aliphatic rings. The summed E-state index contributed by atoms with van der Waals surface area (Å²) in [5.41, 5.74) is -0.0896. The molecule has 1 amide bonds. The van der Waals surface area contributed by atoms with Crippen molar-refractivity contribution < 1.29 is 22.7 Å². The number of ether oxygens (including phenoxy) is 1. The minimum atomic E-state index is -4.29. The lowest BCUT2D eigenvalue weighted by atomic mass is 9.87. The van der Waals surface area contributed by atoms with Gasteiger partial charge in [-0.1, -0.05) is 29.8 Å². The van der Waals surface area contributed by atoms with Gasteiger partial charge in [-0.3, -0.25) is 9.59 Å². The van der Waals surface area contributed by atoms with Crippen LogP contribution in [-0.4, -0.2) is 34.3 Å². The van der Waals surface area contributed by atoms with Gasteiger partial charge in [0.15, 0.2) is 0 Å². The molecule has 0 saturated heterocycles. The highest BCUT2D eigenvalue weighted by Crippen LogP contribution is 2.55. The third kappa shape index (κ3) is 2.38. The lowest BCUT2D eigenvalue weighted by molar-refractivity contribution is -0.120. The molecule has 0 aliphatic carbocycles. The summed E-state index contributed by atoms with van der Waals surface area (Å²) in [5.74, 6) is -0.784. The Labute approximate surface area is 185 Å². The Kier molecular flexibility index (Phi) is 4.22. The van der Waals surface area contributed by atoms with Crippen LogP contribution in [0.25, 0.3) is 0 Å². The van der Waals surface area contributed by atoms with Gasteiger partial charge in [-0.2, -0.15) is 0 Å². The highest BCUT2D eigenvalue weighted by atomic mass is 32.2. The fourth-order valence-electron chi connectivity index (χ4n) is 4.54. The topological polar surface area (TPSA) is 84.0 Å². The van der Waals surface area contributed by atoms with Gasteiger partial charge in [-0.15, -0.1) is 0 Å². The first kappa shape index (κ1) is 20.3. The molecule has 0 N–H and O–H groups in total. The standard InChI is InChI=1S/C24H20N2O5S/c1-15-8-11-17(12-9-15)32(29,30)26-20-7-5-4-6-18(20)22(27)24(26)19-14-16(31-3)10-13-21(19)25(2)23(24)28/h4-14H,1-3H3. The molecule has 0 aromatic heterocycles. The van der Waals surface area contributed by atoms with Crippen molar-refractivity contribution >= 4 is 33.1 Å². The largest absolute Gasteiger partial charge is 0.497 e. The number of anilines is 2. The molecule has 32 heavy (non-hydrogen) atoms. The Balaban J connectivity index is 1.87. The second-order valence-electron chi connectivity index (χ2n) is 7.89. The molecule has 0 radical (unpaired) electrons. The van der Waals surface area contributed by atoms with E-state index in [9.17, 15) is 18.0 Å². The number of nitrogens with zero attached hydrogens (tertiary/aromatic N) is 2. The molecule has 3 aromatic rings. The summed E-state index contributed by atoms with van der Waals surface area (Å²) in [6.07, 6.45) is 0. The maximum atomic E-state index is 14.0. The number of fused-ring (bicyclic) bond motifs is 3. The number of hydrogen-bond donors (Lipinski definition) is 0. The Bertz CT molecular complexity index is 1400. The normalized spacial score (nSPS) is 19.5. The number of sulfonamides is 1. The minimum absolute atomic E-state index is 0.00113. The maximum Gasteiger partial charge on any atom is 0.266 e. The zero-order chi connectivity index (χ0) is 22.8. The average molecular weight is 449 g/mol. The molecular weight excluding hydrogens is 428 g/mol. The van der Waals surface area contributed by atoms with E-state index in [0.717, 1.165) is 9.87 Å². The zero-order valence-corrected chi connectivity index (χ0v) is 18.5. The molecule has 0 saturated carbocycles. The number of amides is 1. The van der Waals surface area contributed by atoms with Crippen LogP contribution in [0.4, 0.5) is 11.4 Å². The first-order valence-corrected chi connectivity index (χ1v) is 11.4. The lowest BCUT2D eigenvalue weighted by Gasteiger charge is -2.33. The van der Waals surface area contributed by atoms with Crippen molar-refractivity contribution in [2.45, 2.75) is 17.4 Å². The third-order valence-electron chi connectivity index (χ3n) is 6.13. The number of likely N-dealkylation sites (N-methyl/N-ethyl adjacent to an activating group) is 1. The van der Waals surface area contributed by atoms with Crippen LogP contribution in [0, 0.1) is 6.92 Å². The Morgan fingerprint density at radius 1 is 0.906 bits per heavy atom. The lowest BCUT2D eigenvalue weighted by Crippen LogP contribution is -2.56. The molecule has 0 bridgehead atoms. The number of carbonyl (C=O) groups excluding carboxylic acids is 2. The van der Waals surface area contributed by atoms with Gasteiger partial charge in [0.25, 0.3) is 15.9 Å². The molecule has 7 nitrogen and oxygen atoms in total. The van der Waals surface area contributed by atoms with Crippen LogP contribution < -0.4 is 13.9 Å². The second kappa shape index (κ2) is 6.67. The van der Waals surface area contributed by atoms with E-state index in [1.54, 1.807) is 54.6 Å². The van der Waals surface area contributed by atoms with E-state index in [1.165, 1.54) is 31.2 Å². The van der Waals surface area contributed by atoms with Crippen LogP contribution in [0.3, 0.4) is 0 Å². The van der Waals surface area contributed by atoms with Gasteiger partial charge in [0, 0.05) is 18.2 Å². The molecule has 0 fully saturated rings. The first-order chi connectivity index (χ1) is 15.2. The Hall–Kier alpha value is -3.65. The molecule has 1 atom stereocenters. The highest BCUT2D eigenvalue weighted by molar-refractivity contribution is 7.93. The number of benzene rings is 3. The maximum absolute atomic E-state index is 14.0. The molecule has 2 heterocycles. The number of hydrogen-bond acceptors (Lipinski definition) is 5. The summed E-state index contributed by atoms with van der Waals surface area (Å²) < 4.78 is 34.3. The minimum Gasteiger partial charge on any atom is -0.497 e. The van der Waals surface area contributed by atoms with E-state index in [2.05, 4.69) is 0 Å². The summed E-state index contributed by atoms with van der Waals surface area (Å²) >= 11 is 0. The summed E-state index contributed by atoms with van der Waals surface area (Å²) in [4.78, 5) is 29.0. The van der Waals surface area contributed by atoms with Gasteiger partial charge in [-0.25, -0.2) is 12.7 Å². The number of aryl methyl sites for hydroxylation is 1. The summed E-state index contributed by atoms with van der Waals surface area (Å²) in [6.45, 7) is 1.85. The summed E-state index contributed by atoms with van der Waals surface area (Å²) in [6, 6.07) is 17.7. The Morgan fingerprint density at radius 3 is 2.28 bits per heavy atom. The number of para-hydroxylation sites is 1. The number of Topliss-reactive ketones (excluding diaryl/α,β-unsaturated/α-hetero) is 1. The van der Waals surface area contributed by atoms with Gasteiger partial charge in [-0.05, 0) is 49.4 Å². The van der Waals surface area contributed by atoms with Gasteiger partial charge in [0.1, 0.15) is 5.75 Å². The van der Waals surface area contributed by atoms with Crippen molar-refractivity contribution in [2.75, 3.05) is 23.4 Å². The van der Waals surface area contributed by atoms with Crippen molar-refractivity contribution in [3.63, 3.8) is 0 Å². The monoisotopic (exact) mass is 448 g/mol. The van der Waals surface area contributed by atoms with Gasteiger partial charge < -0.3 is 9.64 Å². The smallest absolute Gasteiger partial charge is 0.266 e. The fourth-order valence-corrected chi connectivity index (χ4v) is 6.27. The van der Waals surface area contributed by atoms with Crippen molar-refractivity contribution in [3.8, 4) is 5.75 Å². The number of methoxy groups -OCH3 is 1. The molecule has 1 spiro atoms. The number of ketones is 1. The summed E-state index contributed by atoms with van der Waals surface area (Å²) in [7, 11) is -1.28. The van der Waals surface area contributed by atoms with Crippen LogP contribution in [0.1, 0.15) is 21.5 Å². The van der Waals surface area contributed by atoms with E-state index in [1.807, 2.05) is 6.92 Å². The van der Waals surface area contributed by atoms with Crippen molar-refractivity contribution in [1.82, 2.24) is 0 Å². The molecule has 8 heteroatoms. The molecule has 162 valence electrons. The van der Waals surface area contributed by atoms with Gasteiger partial charge in [0.05, 0.1) is 23.4 Å². The van der Waals surface area contributed by atoms with Crippen molar-refractivity contribution in [3.05, 3.63) is 83.4 Å². The molecular formula is C24H20N2O5S. The third-order valence-corrected chi connectivity index (χ3v) is 7.95. The highest BCUT2D eigenvalue weighted by Gasteiger charge is 2.67. The fraction of sp³-hybridized carbons (Fsp3) is 0.167. The van der Waals surface area contributed by atoms with Gasteiger partial charge in [0.2, 0.25) is 11.3 Å². The van der Waals surface area contributed by atoms with Gasteiger partial charge >= 0.3 is 0 Å². The molecule has 1 unspecified atom stereocenters. The van der Waals surface area contributed by atoms with Crippen LogP contribution >= 0.6 is 0 Å². The van der Waals surface area contributed by atoms with Crippen LogP contribution in [-0.2, 0) is 20.4 Å². The van der Waals surface area contributed by atoms with Crippen LogP contribution in [0.2, 0.25) is 0 Å². The SMILES string of the molecule is COc1ccc2c(c1)C1(C(=O)c3ccccc3N1S(=O)(=O)c1ccc(C)cc1)C(=O)N2C. The number of carbonyl (C=O) groups is 2. The van der Waals surface area contributed by atoms with E-state index >= 15 is 0 Å². The molecule has 5 rings (SSSR count). The van der Waals surface area contributed by atoms with Crippen LogP contribution in [0.15, 0.2) is 71.6 Å². The van der Waals surface area contributed by atoms with E-state index in [-0.39, 0.29) is 21.7 Å².